The quantitative estimate of drug-likeness (QED) is 0.316. The molecule has 4 aromatic rings. The van der Waals surface area contributed by atoms with Gasteiger partial charge in [-0.25, -0.2) is 0 Å². The van der Waals surface area contributed by atoms with Crippen molar-refractivity contribution < 1.29 is 23.4 Å². The summed E-state index contributed by atoms with van der Waals surface area (Å²) < 4.78 is 23.6. The van der Waals surface area contributed by atoms with E-state index >= 15 is 0 Å². The Morgan fingerprint density at radius 1 is 1.05 bits per heavy atom. The second kappa shape index (κ2) is 11.2. The lowest BCUT2D eigenvalue weighted by atomic mass is 10.0. The smallest absolute Gasteiger partial charge is 0.254 e. The average molecular weight is 553 g/mol. The highest BCUT2D eigenvalue weighted by Crippen LogP contribution is 2.39. The van der Waals surface area contributed by atoms with Crippen molar-refractivity contribution in [2.75, 3.05) is 47.5 Å². The summed E-state index contributed by atoms with van der Waals surface area (Å²) in [6, 6.07) is 17.4. The number of likely N-dealkylation sites (N-methyl/N-ethyl adjacent to an activating group) is 1. The van der Waals surface area contributed by atoms with E-state index in [2.05, 4.69) is 16.0 Å². The van der Waals surface area contributed by atoms with E-state index in [-0.39, 0.29) is 12.0 Å². The van der Waals surface area contributed by atoms with Gasteiger partial charge in [-0.05, 0) is 56.1 Å². The monoisotopic (exact) mass is 552 g/mol. The zero-order chi connectivity index (χ0) is 28.5. The van der Waals surface area contributed by atoms with Gasteiger partial charge in [0.25, 0.3) is 5.91 Å². The van der Waals surface area contributed by atoms with Gasteiger partial charge in [-0.2, -0.15) is 5.26 Å². The molecular weight excluding hydrogens is 520 g/mol. The Balaban J connectivity index is 1.29. The molecule has 0 spiro atoms. The highest BCUT2D eigenvalue weighted by atomic mass is 16.5. The van der Waals surface area contributed by atoms with Crippen LogP contribution in [-0.4, -0.2) is 80.3 Å². The van der Waals surface area contributed by atoms with Crippen LogP contribution in [0.3, 0.4) is 0 Å². The van der Waals surface area contributed by atoms with Gasteiger partial charge in [0.05, 0.1) is 31.5 Å². The molecule has 6 rings (SSSR count). The van der Waals surface area contributed by atoms with Crippen molar-refractivity contribution in [2.24, 2.45) is 0 Å². The van der Waals surface area contributed by atoms with Crippen LogP contribution in [-0.2, 0) is 4.74 Å². The summed E-state index contributed by atoms with van der Waals surface area (Å²) in [5, 5.41) is 9.86. The third-order valence-electron chi connectivity index (χ3n) is 7.88. The number of benzene rings is 2. The van der Waals surface area contributed by atoms with Gasteiger partial charge in [0, 0.05) is 55.4 Å². The van der Waals surface area contributed by atoms with Gasteiger partial charge in [0.2, 0.25) is 0 Å². The maximum Gasteiger partial charge on any atom is 0.254 e. The molecule has 0 saturated carbocycles. The van der Waals surface area contributed by atoms with Crippen LogP contribution in [0.1, 0.15) is 28.8 Å². The van der Waals surface area contributed by atoms with Crippen molar-refractivity contribution in [2.45, 2.75) is 25.0 Å². The van der Waals surface area contributed by atoms with Crippen LogP contribution in [0.5, 0.6) is 11.5 Å². The van der Waals surface area contributed by atoms with Crippen molar-refractivity contribution in [3.05, 3.63) is 65.9 Å². The molecule has 2 fully saturated rings. The first-order valence-electron chi connectivity index (χ1n) is 13.8. The Labute approximate surface area is 238 Å². The van der Waals surface area contributed by atoms with E-state index in [1.807, 2.05) is 55.4 Å². The number of likely N-dealkylation sites (tertiary alicyclic amines) is 1. The number of ether oxygens (including phenoxy) is 3. The molecule has 4 heterocycles. The first-order chi connectivity index (χ1) is 19.9. The van der Waals surface area contributed by atoms with E-state index in [0.717, 1.165) is 29.5 Å². The van der Waals surface area contributed by atoms with Crippen molar-refractivity contribution in [1.29, 1.82) is 5.26 Å². The number of pyridine rings is 1. The van der Waals surface area contributed by atoms with Gasteiger partial charge in [0.15, 0.2) is 5.58 Å². The minimum Gasteiger partial charge on any atom is -0.496 e. The second-order valence-electron chi connectivity index (χ2n) is 10.7. The summed E-state index contributed by atoms with van der Waals surface area (Å²) in [6.07, 6.45) is 3.38. The highest BCUT2D eigenvalue weighted by Gasteiger charge is 2.32. The fraction of sp³-hybridized carbons (Fsp3) is 0.344. The number of carbonyl (C=O) groups is 1. The molecule has 41 heavy (non-hydrogen) atoms. The molecule has 2 aromatic carbocycles. The molecule has 210 valence electrons. The zero-order valence-corrected chi connectivity index (χ0v) is 23.4. The van der Waals surface area contributed by atoms with Crippen molar-refractivity contribution in [3.8, 4) is 40.0 Å². The number of nitriles is 1. The van der Waals surface area contributed by atoms with Crippen molar-refractivity contribution >= 4 is 17.0 Å². The van der Waals surface area contributed by atoms with E-state index in [1.54, 1.807) is 25.4 Å². The van der Waals surface area contributed by atoms with E-state index in [4.69, 9.17) is 18.6 Å². The normalized spacial score (nSPS) is 16.0. The van der Waals surface area contributed by atoms with E-state index in [0.29, 0.717) is 71.8 Å². The number of furan rings is 1. The molecule has 1 amide bonds. The second-order valence-corrected chi connectivity index (χ2v) is 10.7. The van der Waals surface area contributed by atoms with E-state index in [9.17, 15) is 10.1 Å². The number of amides is 1. The number of carbonyl (C=O) groups excluding carboxylic acids is 1. The number of aromatic nitrogens is 1. The Hall–Kier alpha value is -4.39. The third-order valence-corrected chi connectivity index (χ3v) is 7.88. The van der Waals surface area contributed by atoms with Crippen LogP contribution in [0.25, 0.3) is 33.6 Å². The summed E-state index contributed by atoms with van der Waals surface area (Å²) in [5.41, 5.74) is 4.68. The Morgan fingerprint density at radius 3 is 2.59 bits per heavy atom. The van der Waals surface area contributed by atoms with Crippen LogP contribution >= 0.6 is 0 Å². The molecule has 2 aromatic heterocycles. The number of hydrogen-bond donors (Lipinski definition) is 0. The molecular formula is C32H32N4O5. The molecule has 0 unspecified atom stereocenters. The highest BCUT2D eigenvalue weighted by molar-refractivity contribution is 5.97. The molecule has 0 N–H and O–H groups in total. The van der Waals surface area contributed by atoms with E-state index in [1.165, 1.54) is 0 Å². The molecule has 0 bridgehead atoms. The molecule has 0 atom stereocenters. The van der Waals surface area contributed by atoms with Gasteiger partial charge in [-0.1, -0.05) is 6.07 Å². The molecule has 0 aliphatic carbocycles. The molecule has 2 aliphatic rings. The predicted molar refractivity (Wildman–Crippen MR) is 154 cm³/mol. The predicted octanol–water partition coefficient (Wildman–Crippen LogP) is 4.99. The molecule has 2 saturated heterocycles. The summed E-state index contributed by atoms with van der Waals surface area (Å²) in [6.45, 7) is 2.76. The first-order valence-corrected chi connectivity index (χ1v) is 13.8. The zero-order valence-electron chi connectivity index (χ0n) is 23.4. The van der Waals surface area contributed by atoms with Crippen LogP contribution in [0.2, 0.25) is 0 Å². The van der Waals surface area contributed by atoms with E-state index < -0.39 is 0 Å². The fourth-order valence-electron chi connectivity index (χ4n) is 5.32. The fourth-order valence-corrected chi connectivity index (χ4v) is 5.32. The number of fused-ring (bicyclic) bond motifs is 1. The van der Waals surface area contributed by atoms with Crippen LogP contribution < -0.4 is 9.47 Å². The van der Waals surface area contributed by atoms with Crippen LogP contribution in [0, 0.1) is 11.3 Å². The molecule has 0 radical (unpaired) electrons. The summed E-state index contributed by atoms with van der Waals surface area (Å²) in [4.78, 5) is 21.5. The summed E-state index contributed by atoms with van der Waals surface area (Å²) in [7, 11) is 5.63. The van der Waals surface area contributed by atoms with Gasteiger partial charge in [0.1, 0.15) is 34.9 Å². The van der Waals surface area contributed by atoms with Gasteiger partial charge < -0.3 is 28.4 Å². The molecule has 2 aliphatic heterocycles. The first kappa shape index (κ1) is 26.8. The maximum absolute atomic E-state index is 13.0. The number of nitrogens with zero attached hydrogens (tertiary/aromatic N) is 4. The maximum atomic E-state index is 13.0. The summed E-state index contributed by atoms with van der Waals surface area (Å²) in [5.74, 6) is 1.68. The van der Waals surface area contributed by atoms with Crippen molar-refractivity contribution in [1.82, 2.24) is 14.8 Å². The molecule has 9 heteroatoms. The van der Waals surface area contributed by atoms with Gasteiger partial charge in [-0.15, -0.1) is 0 Å². The number of methoxy groups -OCH3 is 1. The lowest BCUT2D eigenvalue weighted by molar-refractivity contribution is 0.0254. The topological polar surface area (TPSA) is 101 Å². The average Bonchev–Trinajstić information content (AvgIpc) is 3.41. The third kappa shape index (κ3) is 5.24. The Bertz CT molecular complexity index is 1630. The lowest BCUT2D eigenvalue weighted by Gasteiger charge is -2.42. The summed E-state index contributed by atoms with van der Waals surface area (Å²) >= 11 is 0. The standard InChI is InChI=1S/C32H32N4O5/c1-35(2)23-18-36(19-23)32(37)21-4-6-26(29(15-21)38-3)30-16-27-31(41-30)25(8-11-34-27)20-5-7-28(22(14-20)17-33)40-24-9-12-39-13-10-24/h4-8,11,14-16,23-24H,9-10,12-13,18-19H2,1-3H3. The minimum atomic E-state index is -0.0148. The Kier molecular flexibility index (Phi) is 7.35. The van der Waals surface area contributed by atoms with Crippen LogP contribution in [0.15, 0.2) is 59.1 Å². The van der Waals surface area contributed by atoms with Gasteiger partial charge in [-0.3, -0.25) is 9.78 Å². The lowest BCUT2D eigenvalue weighted by Crippen LogP contribution is -2.59. The van der Waals surface area contributed by atoms with Crippen molar-refractivity contribution in [3.63, 3.8) is 0 Å². The number of hydrogen-bond acceptors (Lipinski definition) is 8. The number of rotatable bonds is 7. The molecule has 9 nitrogen and oxygen atoms in total. The SMILES string of the molecule is COc1cc(C(=O)N2CC(N(C)C)C2)ccc1-c1cc2nccc(-c3ccc(OC4CCOCC4)c(C#N)c3)c2o1. The van der Waals surface area contributed by atoms with Gasteiger partial charge >= 0.3 is 0 Å². The Morgan fingerprint density at radius 2 is 1.85 bits per heavy atom. The largest absolute Gasteiger partial charge is 0.496 e. The minimum absolute atomic E-state index is 0.0148. The van der Waals surface area contributed by atoms with Crippen LogP contribution in [0.4, 0.5) is 0 Å².